The molecule has 0 fully saturated rings. The van der Waals surface area contributed by atoms with Crippen LogP contribution in [-0.4, -0.2) is 16.3 Å². The van der Waals surface area contributed by atoms with E-state index < -0.39 is 0 Å². The highest BCUT2D eigenvalue weighted by Crippen LogP contribution is 2.27. The van der Waals surface area contributed by atoms with Crippen molar-refractivity contribution in [3.63, 3.8) is 0 Å². The Morgan fingerprint density at radius 2 is 2.12 bits per heavy atom. The lowest BCUT2D eigenvalue weighted by molar-refractivity contribution is 0.269. The van der Waals surface area contributed by atoms with Gasteiger partial charge in [-0.3, -0.25) is 4.79 Å². The van der Waals surface area contributed by atoms with Gasteiger partial charge in [0, 0.05) is 13.6 Å². The average molecular weight is 258 g/mol. The predicted octanol–water partition coefficient (Wildman–Crippen LogP) is 2.53. The van der Waals surface area contributed by atoms with E-state index in [0.29, 0.717) is 11.6 Å². The molecule has 0 saturated carbocycles. The first-order valence-corrected chi connectivity index (χ1v) is 6.09. The minimum absolute atomic E-state index is 0.129. The molecule has 5 heteroatoms. The van der Waals surface area contributed by atoms with Crippen molar-refractivity contribution in [3.8, 4) is 0 Å². The maximum absolute atomic E-state index is 11.6. The zero-order chi connectivity index (χ0) is 13.2. The third kappa shape index (κ3) is 3.22. The normalized spacial score (nSPS) is 11.9. The van der Waals surface area contributed by atoms with Crippen LogP contribution in [0.1, 0.15) is 27.7 Å². The van der Waals surface area contributed by atoms with Crippen molar-refractivity contribution >= 4 is 17.3 Å². The molecular formula is C12H20ClN3O. The first kappa shape index (κ1) is 14.0. The number of halogens is 1. The molecule has 17 heavy (non-hydrogen) atoms. The van der Waals surface area contributed by atoms with Gasteiger partial charge >= 0.3 is 0 Å². The molecule has 0 spiro atoms. The predicted molar refractivity (Wildman–Crippen MR) is 71.6 cm³/mol. The average Bonchev–Trinajstić information content (AvgIpc) is 2.25. The van der Waals surface area contributed by atoms with E-state index in [-0.39, 0.29) is 16.0 Å². The minimum atomic E-state index is -0.279. The summed E-state index contributed by atoms with van der Waals surface area (Å²) in [5.41, 5.74) is 0.451. The van der Waals surface area contributed by atoms with Gasteiger partial charge in [-0.05, 0) is 11.3 Å². The quantitative estimate of drug-likeness (QED) is 0.902. The number of anilines is 1. The summed E-state index contributed by atoms with van der Waals surface area (Å²) in [6.07, 6.45) is 1.58. The van der Waals surface area contributed by atoms with Gasteiger partial charge in [-0.15, -0.1) is 0 Å². The third-order valence-corrected chi connectivity index (χ3v) is 3.74. The van der Waals surface area contributed by atoms with E-state index in [1.807, 2.05) is 0 Å². The van der Waals surface area contributed by atoms with Gasteiger partial charge < -0.3 is 5.32 Å². The number of nitrogens with one attached hydrogen (secondary N) is 1. The molecule has 0 unspecified atom stereocenters. The number of aromatic nitrogens is 2. The summed E-state index contributed by atoms with van der Waals surface area (Å²) in [6, 6.07) is 0. The van der Waals surface area contributed by atoms with E-state index in [2.05, 4.69) is 38.1 Å². The monoisotopic (exact) mass is 257 g/mol. The molecular weight excluding hydrogens is 238 g/mol. The molecule has 0 aliphatic heterocycles. The van der Waals surface area contributed by atoms with Gasteiger partial charge in [0.25, 0.3) is 5.56 Å². The molecule has 1 aromatic heterocycles. The van der Waals surface area contributed by atoms with Crippen LogP contribution in [0.5, 0.6) is 0 Å². The largest absolute Gasteiger partial charge is 0.382 e. The van der Waals surface area contributed by atoms with Gasteiger partial charge in [0.15, 0.2) is 0 Å². The fraction of sp³-hybridized carbons (Fsp3) is 0.667. The molecule has 0 saturated heterocycles. The van der Waals surface area contributed by atoms with Crippen molar-refractivity contribution < 1.29 is 0 Å². The summed E-state index contributed by atoms with van der Waals surface area (Å²) in [5.74, 6) is 0.535. The third-order valence-electron chi connectivity index (χ3n) is 3.38. The fourth-order valence-electron chi connectivity index (χ4n) is 1.16. The lowest BCUT2D eigenvalue weighted by atomic mass is 9.81. The summed E-state index contributed by atoms with van der Waals surface area (Å²) in [6.45, 7) is 9.44. The Balaban J connectivity index is 2.85. The van der Waals surface area contributed by atoms with Gasteiger partial charge in [0.2, 0.25) is 0 Å². The molecule has 1 aromatic rings. The van der Waals surface area contributed by atoms with Crippen LogP contribution in [0.4, 0.5) is 5.69 Å². The van der Waals surface area contributed by atoms with Gasteiger partial charge in [-0.25, -0.2) is 4.68 Å². The Morgan fingerprint density at radius 3 is 2.65 bits per heavy atom. The van der Waals surface area contributed by atoms with E-state index in [9.17, 15) is 4.79 Å². The highest BCUT2D eigenvalue weighted by molar-refractivity contribution is 6.32. The SMILES string of the molecule is CC(C)C(C)(C)CNc1cnn(C)c(=O)c1Cl. The summed E-state index contributed by atoms with van der Waals surface area (Å²) in [7, 11) is 1.58. The van der Waals surface area contributed by atoms with Crippen LogP contribution in [0.2, 0.25) is 5.02 Å². The van der Waals surface area contributed by atoms with Crippen molar-refractivity contribution in [2.75, 3.05) is 11.9 Å². The molecule has 0 amide bonds. The minimum Gasteiger partial charge on any atom is -0.382 e. The molecule has 0 aliphatic carbocycles. The molecule has 96 valence electrons. The fourth-order valence-corrected chi connectivity index (χ4v) is 1.40. The Morgan fingerprint density at radius 1 is 1.53 bits per heavy atom. The van der Waals surface area contributed by atoms with Crippen molar-refractivity contribution in [3.05, 3.63) is 21.6 Å². The topological polar surface area (TPSA) is 46.9 Å². The van der Waals surface area contributed by atoms with Gasteiger partial charge in [0.05, 0.1) is 11.9 Å². The first-order chi connectivity index (χ1) is 7.75. The van der Waals surface area contributed by atoms with Crippen molar-refractivity contribution in [2.45, 2.75) is 27.7 Å². The molecule has 1 rings (SSSR count). The van der Waals surface area contributed by atoms with Gasteiger partial charge in [0.1, 0.15) is 5.02 Å². The highest BCUT2D eigenvalue weighted by atomic mass is 35.5. The standard InChI is InChI=1S/C12H20ClN3O/c1-8(2)12(3,4)7-14-9-6-15-16(5)11(17)10(9)13/h6,8,14H,7H2,1-5H3. The molecule has 0 atom stereocenters. The summed E-state index contributed by atoms with van der Waals surface area (Å²) >= 11 is 5.97. The van der Waals surface area contributed by atoms with Crippen molar-refractivity contribution in [2.24, 2.45) is 18.4 Å². The molecule has 0 bridgehead atoms. The Bertz CT molecular complexity index is 452. The second-order valence-electron chi connectivity index (χ2n) is 5.30. The van der Waals surface area contributed by atoms with Crippen LogP contribution in [-0.2, 0) is 7.05 Å². The maximum atomic E-state index is 11.6. The van der Waals surface area contributed by atoms with E-state index in [0.717, 1.165) is 6.54 Å². The van der Waals surface area contributed by atoms with E-state index in [4.69, 9.17) is 11.6 Å². The van der Waals surface area contributed by atoms with Crippen LogP contribution in [0.3, 0.4) is 0 Å². The number of rotatable bonds is 4. The zero-order valence-corrected chi connectivity index (χ0v) is 11.8. The molecule has 0 aliphatic rings. The van der Waals surface area contributed by atoms with Crippen LogP contribution >= 0.6 is 11.6 Å². The number of hydrogen-bond acceptors (Lipinski definition) is 3. The lowest BCUT2D eigenvalue weighted by Crippen LogP contribution is -2.29. The summed E-state index contributed by atoms with van der Waals surface area (Å²) < 4.78 is 1.22. The summed E-state index contributed by atoms with van der Waals surface area (Å²) in [4.78, 5) is 11.6. The summed E-state index contributed by atoms with van der Waals surface area (Å²) in [5, 5.41) is 7.33. The first-order valence-electron chi connectivity index (χ1n) is 5.71. The van der Waals surface area contributed by atoms with E-state index in [1.54, 1.807) is 13.2 Å². The Labute approximate surface area is 107 Å². The molecule has 0 radical (unpaired) electrons. The molecule has 1 heterocycles. The number of hydrogen-bond donors (Lipinski definition) is 1. The van der Waals surface area contributed by atoms with Crippen LogP contribution < -0.4 is 10.9 Å². The number of aryl methyl sites for hydroxylation is 1. The van der Waals surface area contributed by atoms with E-state index >= 15 is 0 Å². The highest BCUT2D eigenvalue weighted by Gasteiger charge is 2.22. The van der Waals surface area contributed by atoms with Crippen LogP contribution in [0, 0.1) is 11.3 Å². The molecule has 1 N–H and O–H groups in total. The lowest BCUT2D eigenvalue weighted by Gasteiger charge is -2.29. The van der Waals surface area contributed by atoms with Crippen molar-refractivity contribution in [1.82, 2.24) is 9.78 Å². The second kappa shape index (κ2) is 5.08. The number of nitrogens with zero attached hydrogens (tertiary/aromatic N) is 2. The second-order valence-corrected chi connectivity index (χ2v) is 5.68. The molecule has 0 aromatic carbocycles. The zero-order valence-electron chi connectivity index (χ0n) is 11.0. The Hall–Kier alpha value is -1.03. The van der Waals surface area contributed by atoms with Crippen LogP contribution in [0.15, 0.2) is 11.0 Å². The van der Waals surface area contributed by atoms with E-state index in [1.165, 1.54) is 4.68 Å². The van der Waals surface area contributed by atoms with Crippen molar-refractivity contribution in [1.29, 1.82) is 0 Å². The Kier molecular flexibility index (Phi) is 4.20. The smallest absolute Gasteiger partial charge is 0.287 e. The maximum Gasteiger partial charge on any atom is 0.287 e. The van der Waals surface area contributed by atoms with Gasteiger partial charge in [-0.1, -0.05) is 39.3 Å². The van der Waals surface area contributed by atoms with Gasteiger partial charge in [-0.2, -0.15) is 5.10 Å². The van der Waals surface area contributed by atoms with Crippen LogP contribution in [0.25, 0.3) is 0 Å². The molecule has 4 nitrogen and oxygen atoms in total.